The van der Waals surface area contributed by atoms with Crippen LogP contribution < -0.4 is 10.6 Å². The van der Waals surface area contributed by atoms with E-state index < -0.39 is 0 Å². The van der Waals surface area contributed by atoms with Gasteiger partial charge in [0.25, 0.3) is 5.91 Å². The Morgan fingerprint density at radius 1 is 1.14 bits per heavy atom. The SMILES string of the molecule is CN=C(NCCC(=O)NC1CCCCC1)N1CCN(C(=O)c2ccco2)CC1. The highest BCUT2D eigenvalue weighted by Crippen LogP contribution is 2.17. The summed E-state index contributed by atoms with van der Waals surface area (Å²) in [7, 11) is 1.74. The van der Waals surface area contributed by atoms with Crippen molar-refractivity contribution in [3.8, 4) is 0 Å². The van der Waals surface area contributed by atoms with Gasteiger partial charge >= 0.3 is 0 Å². The molecule has 2 N–H and O–H groups in total. The fourth-order valence-corrected chi connectivity index (χ4v) is 3.84. The molecule has 8 heteroatoms. The predicted octanol–water partition coefficient (Wildman–Crippen LogP) is 1.45. The second-order valence-electron chi connectivity index (χ2n) is 7.38. The van der Waals surface area contributed by atoms with Gasteiger partial charge < -0.3 is 24.9 Å². The van der Waals surface area contributed by atoms with E-state index in [0.29, 0.717) is 50.9 Å². The Hall–Kier alpha value is -2.51. The number of carbonyl (C=O) groups is 2. The molecule has 2 aliphatic rings. The average Bonchev–Trinajstić information content (AvgIpc) is 3.26. The number of hydrogen-bond acceptors (Lipinski definition) is 4. The topological polar surface area (TPSA) is 90.2 Å². The van der Waals surface area contributed by atoms with E-state index in [0.717, 1.165) is 18.8 Å². The normalized spacial score (nSPS) is 18.8. The van der Waals surface area contributed by atoms with E-state index in [2.05, 4.69) is 20.5 Å². The molecule has 2 heterocycles. The van der Waals surface area contributed by atoms with E-state index in [1.165, 1.54) is 25.5 Å². The van der Waals surface area contributed by atoms with Crippen molar-refractivity contribution < 1.29 is 14.0 Å². The first-order valence-corrected chi connectivity index (χ1v) is 10.2. The molecule has 2 amide bonds. The van der Waals surface area contributed by atoms with Crippen LogP contribution in [0.5, 0.6) is 0 Å². The summed E-state index contributed by atoms with van der Waals surface area (Å²) in [5, 5.41) is 6.41. The van der Waals surface area contributed by atoms with E-state index in [4.69, 9.17) is 4.42 Å². The van der Waals surface area contributed by atoms with Crippen molar-refractivity contribution in [2.75, 3.05) is 39.8 Å². The molecule has 1 saturated carbocycles. The minimum absolute atomic E-state index is 0.0769. The summed E-state index contributed by atoms with van der Waals surface area (Å²) in [4.78, 5) is 32.7. The third-order valence-corrected chi connectivity index (χ3v) is 5.42. The first kappa shape index (κ1) is 20.2. The molecule has 1 aliphatic heterocycles. The first-order valence-electron chi connectivity index (χ1n) is 10.2. The molecule has 154 valence electrons. The van der Waals surface area contributed by atoms with Crippen molar-refractivity contribution >= 4 is 17.8 Å². The molecular formula is C20H31N5O3. The number of rotatable bonds is 5. The monoisotopic (exact) mass is 389 g/mol. The van der Waals surface area contributed by atoms with Gasteiger partial charge in [0.15, 0.2) is 11.7 Å². The molecule has 0 unspecified atom stereocenters. The fourth-order valence-electron chi connectivity index (χ4n) is 3.84. The summed E-state index contributed by atoms with van der Waals surface area (Å²) in [6.45, 7) is 3.17. The minimum atomic E-state index is -0.0769. The molecule has 1 aromatic heterocycles. The van der Waals surface area contributed by atoms with Crippen molar-refractivity contribution in [1.29, 1.82) is 0 Å². The van der Waals surface area contributed by atoms with Crippen molar-refractivity contribution in [2.24, 2.45) is 4.99 Å². The zero-order valence-corrected chi connectivity index (χ0v) is 16.7. The molecule has 28 heavy (non-hydrogen) atoms. The number of aliphatic imine (C=N–C) groups is 1. The highest BCUT2D eigenvalue weighted by Gasteiger charge is 2.25. The standard InChI is InChI=1S/C20H31N5O3/c1-21-20(22-10-9-18(26)23-16-6-3-2-4-7-16)25-13-11-24(12-14-25)19(27)17-8-5-15-28-17/h5,8,15-16H,2-4,6-7,9-14H2,1H3,(H,21,22)(H,23,26). The Labute approximate surface area is 166 Å². The second-order valence-corrected chi connectivity index (χ2v) is 7.38. The molecule has 0 radical (unpaired) electrons. The number of nitrogens with one attached hydrogen (secondary N) is 2. The maximum Gasteiger partial charge on any atom is 0.289 e. The van der Waals surface area contributed by atoms with Crippen LogP contribution in [0.2, 0.25) is 0 Å². The number of carbonyl (C=O) groups excluding carboxylic acids is 2. The molecule has 8 nitrogen and oxygen atoms in total. The zero-order chi connectivity index (χ0) is 19.8. The van der Waals surface area contributed by atoms with Gasteiger partial charge in [0.1, 0.15) is 0 Å². The van der Waals surface area contributed by atoms with Gasteiger partial charge in [-0.15, -0.1) is 0 Å². The van der Waals surface area contributed by atoms with E-state index in [-0.39, 0.29) is 11.8 Å². The van der Waals surface area contributed by atoms with Gasteiger partial charge in [-0.05, 0) is 25.0 Å². The van der Waals surface area contributed by atoms with Crippen molar-refractivity contribution in [1.82, 2.24) is 20.4 Å². The van der Waals surface area contributed by atoms with Crippen molar-refractivity contribution in [2.45, 2.75) is 44.6 Å². The van der Waals surface area contributed by atoms with E-state index >= 15 is 0 Å². The fraction of sp³-hybridized carbons (Fsp3) is 0.650. The lowest BCUT2D eigenvalue weighted by molar-refractivity contribution is -0.121. The lowest BCUT2D eigenvalue weighted by Gasteiger charge is -2.36. The molecular weight excluding hydrogens is 358 g/mol. The number of piperazine rings is 1. The quantitative estimate of drug-likeness (QED) is 0.588. The van der Waals surface area contributed by atoms with Crippen LogP contribution in [-0.4, -0.2) is 73.4 Å². The van der Waals surface area contributed by atoms with Crippen molar-refractivity contribution in [3.05, 3.63) is 24.2 Å². The van der Waals surface area contributed by atoms with E-state index in [9.17, 15) is 9.59 Å². The van der Waals surface area contributed by atoms with Crippen LogP contribution in [0.4, 0.5) is 0 Å². The van der Waals surface area contributed by atoms with Crippen molar-refractivity contribution in [3.63, 3.8) is 0 Å². The summed E-state index contributed by atoms with van der Waals surface area (Å²) in [5.74, 6) is 1.17. The summed E-state index contributed by atoms with van der Waals surface area (Å²) >= 11 is 0. The van der Waals surface area contributed by atoms with Gasteiger partial charge in [-0.1, -0.05) is 19.3 Å². The Bertz CT molecular complexity index is 659. The molecule has 1 aliphatic carbocycles. The third kappa shape index (κ3) is 5.50. The maximum atomic E-state index is 12.3. The minimum Gasteiger partial charge on any atom is -0.459 e. The van der Waals surface area contributed by atoms with E-state index in [1.54, 1.807) is 24.1 Å². The summed E-state index contributed by atoms with van der Waals surface area (Å²) in [5.41, 5.74) is 0. The summed E-state index contributed by atoms with van der Waals surface area (Å²) in [6, 6.07) is 3.76. The van der Waals surface area contributed by atoms with Gasteiger partial charge in [-0.2, -0.15) is 0 Å². The Balaban J connectivity index is 1.37. The molecule has 0 bridgehead atoms. The highest BCUT2D eigenvalue weighted by molar-refractivity contribution is 5.91. The largest absolute Gasteiger partial charge is 0.459 e. The first-order chi connectivity index (χ1) is 13.7. The van der Waals surface area contributed by atoms with Crippen LogP contribution in [0.25, 0.3) is 0 Å². The van der Waals surface area contributed by atoms with Crippen LogP contribution >= 0.6 is 0 Å². The maximum absolute atomic E-state index is 12.3. The smallest absolute Gasteiger partial charge is 0.289 e. The summed E-state index contributed by atoms with van der Waals surface area (Å²) < 4.78 is 5.20. The number of nitrogens with zero attached hydrogens (tertiary/aromatic N) is 3. The van der Waals surface area contributed by atoms with Crippen LogP contribution in [0, 0.1) is 0 Å². The number of hydrogen-bond donors (Lipinski definition) is 2. The highest BCUT2D eigenvalue weighted by atomic mass is 16.3. The Morgan fingerprint density at radius 2 is 1.86 bits per heavy atom. The van der Waals surface area contributed by atoms with E-state index in [1.807, 2.05) is 0 Å². The predicted molar refractivity (Wildman–Crippen MR) is 107 cm³/mol. The van der Waals surface area contributed by atoms with Gasteiger partial charge in [-0.3, -0.25) is 14.6 Å². The second kappa shape index (κ2) is 10.1. The number of guanidine groups is 1. The molecule has 1 saturated heterocycles. The Morgan fingerprint density at radius 3 is 2.50 bits per heavy atom. The number of furan rings is 1. The lowest BCUT2D eigenvalue weighted by Crippen LogP contribution is -2.54. The number of amides is 2. The van der Waals surface area contributed by atoms with Crippen LogP contribution in [-0.2, 0) is 4.79 Å². The van der Waals surface area contributed by atoms with Gasteiger partial charge in [0.05, 0.1) is 6.26 Å². The Kier molecular flexibility index (Phi) is 7.33. The van der Waals surface area contributed by atoms with Crippen LogP contribution in [0.3, 0.4) is 0 Å². The third-order valence-electron chi connectivity index (χ3n) is 5.42. The zero-order valence-electron chi connectivity index (χ0n) is 16.7. The molecule has 0 spiro atoms. The summed E-state index contributed by atoms with van der Waals surface area (Å²) in [6.07, 6.45) is 7.86. The van der Waals surface area contributed by atoms with Gasteiger partial charge in [0.2, 0.25) is 5.91 Å². The molecule has 3 rings (SSSR count). The molecule has 0 atom stereocenters. The average molecular weight is 390 g/mol. The molecule has 1 aromatic rings. The lowest BCUT2D eigenvalue weighted by atomic mass is 9.95. The van der Waals surface area contributed by atoms with Gasteiger partial charge in [0, 0.05) is 52.2 Å². The van der Waals surface area contributed by atoms with Crippen LogP contribution in [0.15, 0.2) is 27.8 Å². The van der Waals surface area contributed by atoms with Crippen LogP contribution in [0.1, 0.15) is 49.1 Å². The molecule has 0 aromatic carbocycles. The van der Waals surface area contributed by atoms with Gasteiger partial charge in [-0.25, -0.2) is 0 Å². The molecule has 2 fully saturated rings.